The molecule has 0 spiro atoms. The number of carbonyl (C=O) groups is 1. The van der Waals surface area contributed by atoms with E-state index in [1.54, 1.807) is 0 Å². The molecule has 1 aromatic heterocycles. The standard InChI is InChI=1S/C15H19N3O3S.ClH/c1-2-20-9-3-5-11-13(7-9)22-15(17-11)18-14(19)12-6-4-10(8-16)21-12;/h3,5,7,10,12H,2,4,6,8,16H2,1H3,(H,17,18,19);1H/t10-,12+;/m1./s1. The first-order chi connectivity index (χ1) is 10.7. The molecule has 1 saturated heterocycles. The van der Waals surface area contributed by atoms with E-state index in [1.807, 2.05) is 25.1 Å². The average Bonchev–Trinajstić information content (AvgIpc) is 3.12. The van der Waals surface area contributed by atoms with Gasteiger partial charge in [0.25, 0.3) is 5.91 Å². The fourth-order valence-electron chi connectivity index (χ4n) is 2.47. The van der Waals surface area contributed by atoms with Gasteiger partial charge < -0.3 is 15.2 Å². The van der Waals surface area contributed by atoms with Gasteiger partial charge in [0.2, 0.25) is 0 Å². The lowest BCUT2D eigenvalue weighted by atomic mass is 10.2. The molecule has 8 heteroatoms. The molecule has 1 aliphatic rings. The number of ether oxygens (including phenoxy) is 2. The van der Waals surface area contributed by atoms with Crippen LogP contribution in [0.1, 0.15) is 19.8 Å². The van der Waals surface area contributed by atoms with Crippen LogP contribution in [0, 0.1) is 0 Å². The largest absolute Gasteiger partial charge is 0.494 e. The molecule has 0 unspecified atom stereocenters. The quantitative estimate of drug-likeness (QED) is 0.858. The number of thiazole rings is 1. The van der Waals surface area contributed by atoms with Gasteiger partial charge in [-0.1, -0.05) is 11.3 Å². The smallest absolute Gasteiger partial charge is 0.255 e. The molecule has 1 aliphatic heterocycles. The molecular formula is C15H20ClN3O3S. The van der Waals surface area contributed by atoms with Crippen LogP contribution >= 0.6 is 23.7 Å². The van der Waals surface area contributed by atoms with Crippen LogP contribution < -0.4 is 15.8 Å². The van der Waals surface area contributed by atoms with E-state index in [0.717, 1.165) is 22.4 Å². The van der Waals surface area contributed by atoms with E-state index in [2.05, 4.69) is 10.3 Å². The minimum absolute atomic E-state index is 0. The van der Waals surface area contributed by atoms with E-state index in [1.165, 1.54) is 11.3 Å². The van der Waals surface area contributed by atoms with Gasteiger partial charge in [0.1, 0.15) is 11.9 Å². The number of carbonyl (C=O) groups excluding carboxylic acids is 1. The molecule has 2 heterocycles. The van der Waals surface area contributed by atoms with Crippen LogP contribution in [-0.2, 0) is 9.53 Å². The minimum atomic E-state index is -0.431. The Balaban J connectivity index is 0.00000192. The second-order valence-electron chi connectivity index (χ2n) is 5.13. The molecule has 1 fully saturated rings. The predicted octanol–water partition coefficient (Wildman–Crippen LogP) is 2.56. The zero-order valence-corrected chi connectivity index (χ0v) is 14.4. The summed E-state index contributed by atoms with van der Waals surface area (Å²) >= 11 is 1.43. The van der Waals surface area contributed by atoms with E-state index in [9.17, 15) is 4.79 Å². The van der Waals surface area contributed by atoms with Gasteiger partial charge >= 0.3 is 0 Å². The van der Waals surface area contributed by atoms with Gasteiger partial charge in [-0.15, -0.1) is 12.4 Å². The summed E-state index contributed by atoms with van der Waals surface area (Å²) in [6.45, 7) is 3.01. The molecule has 126 valence electrons. The number of amides is 1. The first kappa shape index (κ1) is 17.9. The first-order valence-corrected chi connectivity index (χ1v) is 8.21. The Hall–Kier alpha value is -1.41. The lowest BCUT2D eigenvalue weighted by molar-refractivity contribution is -0.126. The van der Waals surface area contributed by atoms with Crippen molar-refractivity contribution in [2.75, 3.05) is 18.5 Å². The molecule has 3 rings (SSSR count). The zero-order valence-electron chi connectivity index (χ0n) is 12.8. The van der Waals surface area contributed by atoms with Gasteiger partial charge in [0.15, 0.2) is 5.13 Å². The normalized spacial score (nSPS) is 20.3. The predicted molar refractivity (Wildman–Crippen MR) is 93.6 cm³/mol. The first-order valence-electron chi connectivity index (χ1n) is 7.39. The summed E-state index contributed by atoms with van der Waals surface area (Å²) in [6.07, 6.45) is 1.08. The number of nitrogens with one attached hydrogen (secondary N) is 1. The van der Waals surface area contributed by atoms with Crippen molar-refractivity contribution in [3.05, 3.63) is 18.2 Å². The number of nitrogens with two attached hydrogens (primary N) is 1. The summed E-state index contributed by atoms with van der Waals surface area (Å²) in [4.78, 5) is 16.6. The Kier molecular flexibility index (Phi) is 6.17. The highest BCUT2D eigenvalue weighted by molar-refractivity contribution is 7.22. The Morgan fingerprint density at radius 2 is 2.35 bits per heavy atom. The van der Waals surface area contributed by atoms with Crippen LogP contribution in [0.2, 0.25) is 0 Å². The van der Waals surface area contributed by atoms with Crippen molar-refractivity contribution in [1.82, 2.24) is 4.98 Å². The van der Waals surface area contributed by atoms with E-state index in [-0.39, 0.29) is 24.4 Å². The van der Waals surface area contributed by atoms with Crippen LogP contribution in [-0.4, -0.2) is 36.3 Å². The van der Waals surface area contributed by atoms with Gasteiger partial charge in [-0.25, -0.2) is 4.98 Å². The van der Waals surface area contributed by atoms with E-state index >= 15 is 0 Å². The lowest BCUT2D eigenvalue weighted by Gasteiger charge is -2.10. The summed E-state index contributed by atoms with van der Waals surface area (Å²) in [5.74, 6) is 0.654. The fraction of sp³-hybridized carbons (Fsp3) is 0.467. The minimum Gasteiger partial charge on any atom is -0.494 e. The lowest BCUT2D eigenvalue weighted by Crippen LogP contribution is -2.29. The summed E-state index contributed by atoms with van der Waals surface area (Å²) in [7, 11) is 0. The molecule has 1 amide bonds. The molecule has 0 aliphatic carbocycles. The molecule has 6 nitrogen and oxygen atoms in total. The van der Waals surface area contributed by atoms with Crippen molar-refractivity contribution in [1.29, 1.82) is 0 Å². The van der Waals surface area contributed by atoms with Crippen LogP contribution in [0.5, 0.6) is 5.75 Å². The third-order valence-corrected chi connectivity index (χ3v) is 4.50. The number of rotatable bonds is 5. The monoisotopic (exact) mass is 357 g/mol. The number of hydrogen-bond donors (Lipinski definition) is 2. The Morgan fingerprint density at radius 3 is 3.04 bits per heavy atom. The number of anilines is 1. The van der Waals surface area contributed by atoms with Gasteiger partial charge in [-0.2, -0.15) is 0 Å². The maximum absolute atomic E-state index is 12.2. The number of benzene rings is 1. The molecule has 2 atom stereocenters. The Labute approximate surface area is 144 Å². The summed E-state index contributed by atoms with van der Waals surface area (Å²) in [6, 6.07) is 5.70. The molecule has 2 aromatic rings. The van der Waals surface area contributed by atoms with E-state index in [4.69, 9.17) is 15.2 Å². The Morgan fingerprint density at radius 1 is 1.52 bits per heavy atom. The van der Waals surface area contributed by atoms with Crippen LogP contribution in [0.3, 0.4) is 0 Å². The van der Waals surface area contributed by atoms with Crippen molar-refractivity contribution in [3.8, 4) is 5.75 Å². The Bertz CT molecular complexity index is 679. The molecule has 0 saturated carbocycles. The SMILES string of the molecule is CCOc1ccc2nc(NC(=O)[C@@H]3CC[C@H](CN)O3)sc2c1.Cl. The number of aromatic nitrogens is 1. The average molecular weight is 358 g/mol. The van der Waals surface area contributed by atoms with Crippen molar-refractivity contribution < 1.29 is 14.3 Å². The summed E-state index contributed by atoms with van der Waals surface area (Å²) in [5.41, 5.74) is 6.40. The second kappa shape index (κ2) is 7.92. The van der Waals surface area contributed by atoms with E-state index in [0.29, 0.717) is 24.7 Å². The highest BCUT2D eigenvalue weighted by Crippen LogP contribution is 2.30. The fourth-order valence-corrected chi connectivity index (χ4v) is 3.37. The number of hydrogen-bond acceptors (Lipinski definition) is 6. The highest BCUT2D eigenvalue weighted by Gasteiger charge is 2.30. The van der Waals surface area contributed by atoms with Crippen LogP contribution in [0.4, 0.5) is 5.13 Å². The van der Waals surface area contributed by atoms with Gasteiger partial charge in [0.05, 0.1) is 22.9 Å². The third-order valence-electron chi connectivity index (χ3n) is 3.56. The maximum Gasteiger partial charge on any atom is 0.255 e. The van der Waals surface area contributed by atoms with Crippen LogP contribution in [0.15, 0.2) is 18.2 Å². The third kappa shape index (κ3) is 4.11. The van der Waals surface area contributed by atoms with Crippen LogP contribution in [0.25, 0.3) is 10.2 Å². The van der Waals surface area contributed by atoms with E-state index < -0.39 is 6.10 Å². The summed E-state index contributed by atoms with van der Waals surface area (Å²) < 4.78 is 12.0. The van der Waals surface area contributed by atoms with Crippen molar-refractivity contribution in [2.45, 2.75) is 32.0 Å². The number of halogens is 1. The van der Waals surface area contributed by atoms with Gasteiger partial charge in [0, 0.05) is 6.54 Å². The second-order valence-corrected chi connectivity index (χ2v) is 6.16. The molecule has 0 bridgehead atoms. The van der Waals surface area contributed by atoms with Crippen molar-refractivity contribution in [2.24, 2.45) is 5.73 Å². The number of nitrogens with zero attached hydrogens (tertiary/aromatic N) is 1. The molecule has 1 aromatic carbocycles. The zero-order chi connectivity index (χ0) is 15.5. The topological polar surface area (TPSA) is 86.5 Å². The van der Waals surface area contributed by atoms with Crippen molar-refractivity contribution in [3.63, 3.8) is 0 Å². The van der Waals surface area contributed by atoms with Gasteiger partial charge in [-0.3, -0.25) is 10.1 Å². The highest BCUT2D eigenvalue weighted by atomic mass is 35.5. The summed E-state index contributed by atoms with van der Waals surface area (Å²) in [5, 5.41) is 3.41. The molecule has 3 N–H and O–H groups in total. The van der Waals surface area contributed by atoms with Crippen molar-refractivity contribution >= 4 is 45.0 Å². The molecular weight excluding hydrogens is 338 g/mol. The molecule has 23 heavy (non-hydrogen) atoms. The maximum atomic E-state index is 12.2. The van der Waals surface area contributed by atoms with Gasteiger partial charge in [-0.05, 0) is 38.0 Å². The molecule has 0 radical (unpaired) electrons. The number of fused-ring (bicyclic) bond motifs is 1.